The Labute approximate surface area is 208 Å². The average Bonchev–Trinajstić information content (AvgIpc) is 3.47. The third-order valence-electron chi connectivity index (χ3n) is 4.96. The van der Waals surface area contributed by atoms with Crippen molar-refractivity contribution in [2.75, 3.05) is 37.4 Å². The van der Waals surface area contributed by atoms with Gasteiger partial charge in [0.15, 0.2) is 22.5 Å². The van der Waals surface area contributed by atoms with Gasteiger partial charge in [0.05, 0.1) is 37.7 Å². The number of carbonyl (C=O) groups excluding carboxylic acids is 2. The molecule has 1 aliphatic rings. The zero-order valence-corrected chi connectivity index (χ0v) is 21.4. The largest absolute Gasteiger partial charge is 0.493 e. The van der Waals surface area contributed by atoms with Gasteiger partial charge in [0.1, 0.15) is 5.37 Å². The van der Waals surface area contributed by atoms with Crippen LogP contribution in [0, 0.1) is 11.7 Å². The van der Waals surface area contributed by atoms with Gasteiger partial charge in [-0.15, -0.1) is 11.8 Å². The number of carbonyl (C=O) groups is 2. The molecule has 0 saturated carbocycles. The summed E-state index contributed by atoms with van der Waals surface area (Å²) in [7, 11) is 4.61. The molecule has 0 bridgehead atoms. The van der Waals surface area contributed by atoms with Crippen LogP contribution in [0.5, 0.6) is 17.2 Å². The molecule has 1 aromatic carbocycles. The summed E-state index contributed by atoms with van der Waals surface area (Å²) in [6, 6.07) is 3.61. The molecule has 0 aliphatic carbocycles. The van der Waals surface area contributed by atoms with Crippen molar-refractivity contribution in [3.05, 3.63) is 28.2 Å². The Balaban J connectivity index is 1.82. The molecule has 34 heavy (non-hydrogen) atoms. The van der Waals surface area contributed by atoms with Crippen molar-refractivity contribution in [2.24, 2.45) is 0 Å². The Kier molecular flexibility index (Phi) is 6.81. The zero-order valence-electron chi connectivity index (χ0n) is 19.0. The van der Waals surface area contributed by atoms with Crippen molar-refractivity contribution in [1.29, 1.82) is 0 Å². The summed E-state index contributed by atoms with van der Waals surface area (Å²) in [5.41, 5.74) is 1.41. The van der Waals surface area contributed by atoms with E-state index in [-0.39, 0.29) is 22.3 Å². The predicted octanol–water partition coefficient (Wildman–Crippen LogP) is 3.27. The van der Waals surface area contributed by atoms with Gasteiger partial charge < -0.3 is 19.5 Å². The number of ether oxygens (including phenoxy) is 3. The van der Waals surface area contributed by atoms with Crippen LogP contribution in [0.15, 0.2) is 12.1 Å². The molecule has 4 rings (SSSR count). The van der Waals surface area contributed by atoms with Crippen LogP contribution >= 0.6 is 35.3 Å². The van der Waals surface area contributed by atoms with E-state index in [4.69, 9.17) is 26.4 Å². The maximum atomic E-state index is 13.1. The lowest BCUT2D eigenvalue weighted by atomic mass is 10.1. The Hall–Kier alpha value is -3.10. The average molecular weight is 523 g/mol. The topological polar surface area (TPSA) is 124 Å². The molecule has 2 aromatic heterocycles. The normalized spacial score (nSPS) is 15.5. The number of thiazole rings is 1. The number of hydrogen-bond donors (Lipinski definition) is 2. The highest BCUT2D eigenvalue weighted by molar-refractivity contribution is 8.00. The molecule has 14 heteroatoms. The van der Waals surface area contributed by atoms with Gasteiger partial charge in [-0.05, 0) is 36.8 Å². The maximum absolute atomic E-state index is 13.1. The minimum atomic E-state index is -0.438. The first-order valence-corrected chi connectivity index (χ1v) is 12.2. The van der Waals surface area contributed by atoms with E-state index in [2.05, 4.69) is 20.5 Å². The van der Waals surface area contributed by atoms with E-state index in [9.17, 15) is 9.59 Å². The SMILES string of the molecule is COc1cc(C2SCC(=O)N2n2c(-c3sc(NC(C)=O)nc3C)n[nH]c2=S)cc(OC)c1OC. The van der Waals surface area contributed by atoms with Crippen molar-refractivity contribution in [2.45, 2.75) is 19.2 Å². The van der Waals surface area contributed by atoms with E-state index >= 15 is 0 Å². The monoisotopic (exact) mass is 522 g/mol. The van der Waals surface area contributed by atoms with Crippen molar-refractivity contribution in [3.8, 4) is 28.0 Å². The number of aryl methyl sites for hydroxylation is 1. The highest BCUT2D eigenvalue weighted by Gasteiger charge is 2.38. The van der Waals surface area contributed by atoms with Gasteiger partial charge in [-0.3, -0.25) is 9.59 Å². The van der Waals surface area contributed by atoms with E-state index in [1.807, 2.05) is 0 Å². The molecule has 180 valence electrons. The molecular formula is C20H22N6O5S3. The number of aromatic amines is 1. The van der Waals surface area contributed by atoms with Crippen LogP contribution in [-0.4, -0.2) is 58.8 Å². The van der Waals surface area contributed by atoms with Crippen LogP contribution in [0.3, 0.4) is 0 Å². The molecule has 1 saturated heterocycles. The summed E-state index contributed by atoms with van der Waals surface area (Å²) < 4.78 is 18.2. The van der Waals surface area contributed by atoms with Gasteiger partial charge in [-0.1, -0.05) is 11.3 Å². The number of amides is 2. The number of aromatic nitrogens is 4. The molecule has 1 atom stereocenters. The summed E-state index contributed by atoms with van der Waals surface area (Å²) in [6.45, 7) is 3.21. The summed E-state index contributed by atoms with van der Waals surface area (Å²) in [4.78, 5) is 29.6. The molecule has 3 heterocycles. The van der Waals surface area contributed by atoms with Crippen LogP contribution in [0.25, 0.3) is 10.7 Å². The van der Waals surface area contributed by atoms with Crippen LogP contribution in [0.2, 0.25) is 0 Å². The smallest absolute Gasteiger partial charge is 0.252 e. The van der Waals surface area contributed by atoms with Gasteiger partial charge in [-0.25, -0.2) is 19.8 Å². The first-order chi connectivity index (χ1) is 16.3. The number of methoxy groups -OCH3 is 3. The number of anilines is 1. The second-order valence-electron chi connectivity index (χ2n) is 7.14. The summed E-state index contributed by atoms with van der Waals surface area (Å²) in [5, 5.41) is 11.4. The molecular weight excluding hydrogens is 500 g/mol. The van der Waals surface area contributed by atoms with Crippen LogP contribution in [0.1, 0.15) is 23.6 Å². The van der Waals surface area contributed by atoms with E-state index in [0.717, 1.165) is 5.56 Å². The van der Waals surface area contributed by atoms with E-state index in [1.54, 1.807) is 28.7 Å². The second kappa shape index (κ2) is 9.64. The van der Waals surface area contributed by atoms with E-state index < -0.39 is 5.37 Å². The van der Waals surface area contributed by atoms with Crippen LogP contribution < -0.4 is 24.5 Å². The van der Waals surface area contributed by atoms with Crippen LogP contribution in [-0.2, 0) is 9.59 Å². The quantitative estimate of drug-likeness (QED) is 0.450. The maximum Gasteiger partial charge on any atom is 0.252 e. The predicted molar refractivity (Wildman–Crippen MR) is 132 cm³/mol. The highest BCUT2D eigenvalue weighted by Crippen LogP contribution is 2.46. The molecule has 1 unspecified atom stereocenters. The van der Waals surface area contributed by atoms with Gasteiger partial charge in [0, 0.05) is 6.92 Å². The second-order valence-corrected chi connectivity index (χ2v) is 9.59. The first-order valence-electron chi connectivity index (χ1n) is 9.95. The molecule has 3 aromatic rings. The number of nitrogens with one attached hydrogen (secondary N) is 2. The molecule has 11 nitrogen and oxygen atoms in total. The Morgan fingerprint density at radius 2 is 1.91 bits per heavy atom. The molecule has 0 spiro atoms. The molecule has 0 radical (unpaired) electrons. The van der Waals surface area contributed by atoms with Gasteiger partial charge in [-0.2, -0.15) is 5.10 Å². The summed E-state index contributed by atoms with van der Waals surface area (Å²) >= 11 is 8.20. The fraction of sp³-hybridized carbons (Fsp3) is 0.350. The lowest BCUT2D eigenvalue weighted by molar-refractivity contribution is -0.117. The zero-order chi connectivity index (χ0) is 24.6. The van der Waals surface area contributed by atoms with Crippen LogP contribution in [0.4, 0.5) is 5.13 Å². The number of benzene rings is 1. The lowest BCUT2D eigenvalue weighted by Gasteiger charge is -2.26. The first kappa shape index (κ1) is 24.0. The Morgan fingerprint density at radius 1 is 1.24 bits per heavy atom. The van der Waals surface area contributed by atoms with Crippen molar-refractivity contribution < 1.29 is 23.8 Å². The fourth-order valence-electron chi connectivity index (χ4n) is 3.56. The number of hydrogen-bond acceptors (Lipinski definition) is 10. The number of thioether (sulfide) groups is 1. The van der Waals surface area contributed by atoms with Gasteiger partial charge in [0.2, 0.25) is 16.4 Å². The van der Waals surface area contributed by atoms with Gasteiger partial charge >= 0.3 is 0 Å². The van der Waals surface area contributed by atoms with E-state index in [0.29, 0.717) is 38.8 Å². The molecule has 1 fully saturated rings. The summed E-state index contributed by atoms with van der Waals surface area (Å²) in [6.07, 6.45) is 0. The van der Waals surface area contributed by atoms with Crippen molar-refractivity contribution >= 4 is 52.3 Å². The number of rotatable bonds is 7. The minimum absolute atomic E-state index is 0.147. The Bertz CT molecular complexity index is 1290. The number of nitrogens with zero attached hydrogens (tertiary/aromatic N) is 4. The highest BCUT2D eigenvalue weighted by atomic mass is 32.2. The third-order valence-corrected chi connectivity index (χ3v) is 7.50. The minimum Gasteiger partial charge on any atom is -0.493 e. The van der Waals surface area contributed by atoms with E-state index in [1.165, 1.54) is 51.4 Å². The van der Waals surface area contributed by atoms with Gasteiger partial charge in [0.25, 0.3) is 5.91 Å². The molecule has 2 amide bonds. The lowest BCUT2D eigenvalue weighted by Crippen LogP contribution is -2.38. The number of H-pyrrole nitrogens is 1. The molecule has 1 aliphatic heterocycles. The van der Waals surface area contributed by atoms with Crippen molar-refractivity contribution in [1.82, 2.24) is 19.9 Å². The fourth-order valence-corrected chi connectivity index (χ4v) is 5.88. The molecule has 2 N–H and O–H groups in total. The Morgan fingerprint density at radius 3 is 2.50 bits per heavy atom. The van der Waals surface area contributed by atoms with Crippen molar-refractivity contribution in [3.63, 3.8) is 0 Å². The standard InChI is InChI=1S/C20H22N6O5S3/c1-9-16(34-19(21-9)22-10(2)27)17-23-24-20(32)26(17)25-14(28)8-33-18(25)11-6-12(29-3)15(31-5)13(7-11)30-4/h6-7,18H,8H2,1-5H3,(H,24,32)(H,21,22,27). The summed E-state index contributed by atoms with van der Waals surface area (Å²) in [5.74, 6) is 1.70. The third kappa shape index (κ3) is 4.23.